The summed E-state index contributed by atoms with van der Waals surface area (Å²) in [5.41, 5.74) is 4.08. The first-order valence-corrected chi connectivity index (χ1v) is 12.9. The monoisotopic (exact) mass is 679 g/mol. The second kappa shape index (κ2) is 10.9. The van der Waals surface area contributed by atoms with Crippen LogP contribution in [0.15, 0.2) is 71.4 Å². The van der Waals surface area contributed by atoms with Gasteiger partial charge in [0.1, 0.15) is 6.61 Å². The molecule has 1 heterocycles. The van der Waals surface area contributed by atoms with Crippen molar-refractivity contribution in [2.75, 3.05) is 7.11 Å². The third-order valence-electron chi connectivity index (χ3n) is 5.27. The van der Waals surface area contributed by atoms with E-state index in [0.717, 1.165) is 23.8 Å². The molecule has 1 aliphatic heterocycles. The molecule has 4 rings (SSSR count). The molecule has 1 aliphatic rings. The van der Waals surface area contributed by atoms with Crippen molar-refractivity contribution in [2.45, 2.75) is 26.4 Å². The molecule has 0 spiro atoms. The molecule has 0 unspecified atom stereocenters. The molecule has 174 valence electrons. The Morgan fingerprint density at radius 3 is 2.50 bits per heavy atom. The summed E-state index contributed by atoms with van der Waals surface area (Å²) in [7, 11) is 1.60. The van der Waals surface area contributed by atoms with E-state index in [4.69, 9.17) is 14.2 Å². The quantitative estimate of drug-likeness (QED) is 0.154. The molecule has 3 aromatic carbocycles. The number of methoxy groups -OCH3 is 1. The average molecular weight is 679 g/mol. The molecule has 0 saturated heterocycles. The fourth-order valence-electron chi connectivity index (χ4n) is 3.45. The first-order chi connectivity index (χ1) is 16.3. The molecule has 3 aromatic rings. The van der Waals surface area contributed by atoms with Crippen LogP contribution >= 0.6 is 45.2 Å². The highest BCUT2D eigenvalue weighted by Crippen LogP contribution is 2.35. The van der Waals surface area contributed by atoms with Crippen molar-refractivity contribution >= 4 is 63.1 Å². The number of hydrogen-bond acceptors (Lipinski definition) is 5. The zero-order valence-electron chi connectivity index (χ0n) is 19.0. The summed E-state index contributed by atoms with van der Waals surface area (Å²) in [6.07, 6.45) is 1.70. The lowest BCUT2D eigenvalue weighted by Crippen LogP contribution is -2.05. The predicted octanol–water partition coefficient (Wildman–Crippen LogP) is 6.95. The fourth-order valence-corrected chi connectivity index (χ4v) is 4.84. The number of esters is 1. The van der Waals surface area contributed by atoms with Crippen molar-refractivity contribution < 1.29 is 19.0 Å². The highest BCUT2D eigenvalue weighted by molar-refractivity contribution is 14.1. The Bertz CT molecular complexity index is 1280. The third-order valence-corrected chi connectivity index (χ3v) is 6.74. The number of aliphatic imine (C=N–C) groups is 1. The number of nitrogens with zero attached hydrogens (tertiary/aromatic N) is 1. The average Bonchev–Trinajstić information content (AvgIpc) is 3.18. The minimum absolute atomic E-state index is 0.244. The molecule has 0 aliphatic carbocycles. The van der Waals surface area contributed by atoms with Gasteiger partial charge in [0, 0.05) is 9.13 Å². The summed E-state index contributed by atoms with van der Waals surface area (Å²) in [6.45, 7) is 4.70. The highest BCUT2D eigenvalue weighted by atomic mass is 127. The number of carbonyl (C=O) groups excluding carboxylic acids is 1. The van der Waals surface area contributed by atoms with Crippen LogP contribution in [0.3, 0.4) is 0 Å². The number of rotatable bonds is 7. The smallest absolute Gasteiger partial charge is 0.363 e. The van der Waals surface area contributed by atoms with Crippen molar-refractivity contribution in [3.63, 3.8) is 0 Å². The maximum atomic E-state index is 12.5. The predicted molar refractivity (Wildman–Crippen MR) is 150 cm³/mol. The van der Waals surface area contributed by atoms with Gasteiger partial charge in [-0.2, -0.15) is 0 Å². The number of benzene rings is 3. The molecule has 0 amide bonds. The van der Waals surface area contributed by atoms with Crippen LogP contribution in [0.4, 0.5) is 0 Å². The molecular weight excluding hydrogens is 656 g/mol. The van der Waals surface area contributed by atoms with Gasteiger partial charge in [-0.3, -0.25) is 0 Å². The standard InChI is InChI=1S/C27H23I2NO4/c1-16(2)19-7-9-20(10-8-19)26-30-23(27(31)34-26)13-18-12-22(29)25(24(14-18)32-3)33-15-17-5-4-6-21(28)11-17/h4-14,16H,15H2,1-3H3/b23-13-. The van der Waals surface area contributed by atoms with Crippen LogP contribution in [0.5, 0.6) is 11.5 Å². The number of halogens is 2. The second-order valence-electron chi connectivity index (χ2n) is 8.07. The van der Waals surface area contributed by atoms with Gasteiger partial charge in [-0.1, -0.05) is 38.1 Å². The van der Waals surface area contributed by atoms with Crippen LogP contribution < -0.4 is 9.47 Å². The van der Waals surface area contributed by atoms with Crippen molar-refractivity contribution in [2.24, 2.45) is 4.99 Å². The van der Waals surface area contributed by atoms with Gasteiger partial charge in [0.05, 0.1) is 10.7 Å². The molecule has 0 N–H and O–H groups in total. The maximum absolute atomic E-state index is 12.5. The van der Waals surface area contributed by atoms with Crippen molar-refractivity contribution in [1.82, 2.24) is 0 Å². The van der Waals surface area contributed by atoms with Crippen molar-refractivity contribution in [3.05, 3.63) is 95.8 Å². The van der Waals surface area contributed by atoms with Gasteiger partial charge in [0.25, 0.3) is 0 Å². The van der Waals surface area contributed by atoms with E-state index in [9.17, 15) is 4.79 Å². The molecule has 0 atom stereocenters. The van der Waals surface area contributed by atoms with Crippen molar-refractivity contribution in [3.8, 4) is 11.5 Å². The molecular formula is C27H23I2NO4. The van der Waals surface area contributed by atoms with E-state index in [1.165, 1.54) is 5.56 Å². The third kappa shape index (κ3) is 5.80. The van der Waals surface area contributed by atoms with Gasteiger partial charge in [0.15, 0.2) is 17.2 Å². The normalized spacial score (nSPS) is 14.4. The molecule has 0 radical (unpaired) electrons. The summed E-state index contributed by atoms with van der Waals surface area (Å²) in [5.74, 6) is 1.51. The Labute approximate surface area is 226 Å². The van der Waals surface area contributed by atoms with Crippen LogP contribution in [0, 0.1) is 7.14 Å². The van der Waals surface area contributed by atoms with Gasteiger partial charge < -0.3 is 14.2 Å². The first-order valence-electron chi connectivity index (χ1n) is 10.7. The van der Waals surface area contributed by atoms with Gasteiger partial charge in [-0.15, -0.1) is 0 Å². The SMILES string of the molecule is COc1cc(/C=C2\N=C(c3ccc(C(C)C)cc3)OC2=O)cc(I)c1OCc1cccc(I)c1. The number of ether oxygens (including phenoxy) is 3. The Morgan fingerprint density at radius 1 is 1.06 bits per heavy atom. The summed E-state index contributed by atoms with van der Waals surface area (Å²) >= 11 is 4.49. The Morgan fingerprint density at radius 2 is 1.82 bits per heavy atom. The van der Waals surface area contributed by atoms with Gasteiger partial charge in [-0.05, 0) is 110 Å². The molecule has 0 bridgehead atoms. The molecule has 0 saturated carbocycles. The zero-order valence-corrected chi connectivity index (χ0v) is 23.3. The van der Waals surface area contributed by atoms with Gasteiger partial charge in [-0.25, -0.2) is 9.79 Å². The van der Waals surface area contributed by atoms with E-state index in [2.05, 4.69) is 70.1 Å². The minimum Gasteiger partial charge on any atom is -0.493 e. The van der Waals surface area contributed by atoms with E-state index < -0.39 is 5.97 Å². The van der Waals surface area contributed by atoms with Gasteiger partial charge in [0.2, 0.25) is 5.90 Å². The molecule has 5 nitrogen and oxygen atoms in total. The van der Waals surface area contributed by atoms with Crippen LogP contribution in [-0.2, 0) is 16.1 Å². The van der Waals surface area contributed by atoms with Crippen LogP contribution in [0.2, 0.25) is 0 Å². The van der Waals surface area contributed by atoms with Crippen LogP contribution in [-0.4, -0.2) is 19.0 Å². The molecule has 34 heavy (non-hydrogen) atoms. The number of cyclic esters (lactones) is 1. The second-order valence-corrected chi connectivity index (χ2v) is 10.5. The Kier molecular flexibility index (Phi) is 7.92. The first kappa shape index (κ1) is 24.7. The minimum atomic E-state index is -0.476. The maximum Gasteiger partial charge on any atom is 0.363 e. The lowest BCUT2D eigenvalue weighted by atomic mass is 10.0. The Hall–Kier alpha value is -2.40. The largest absolute Gasteiger partial charge is 0.493 e. The van der Waals surface area contributed by atoms with E-state index in [1.54, 1.807) is 13.2 Å². The fraction of sp³-hybridized carbons (Fsp3) is 0.185. The molecule has 0 aromatic heterocycles. The van der Waals surface area contributed by atoms with Crippen LogP contribution in [0.1, 0.15) is 42.0 Å². The molecule has 0 fully saturated rings. The lowest BCUT2D eigenvalue weighted by molar-refractivity contribution is -0.129. The summed E-state index contributed by atoms with van der Waals surface area (Å²) in [6, 6.07) is 19.8. The van der Waals surface area contributed by atoms with Crippen LogP contribution in [0.25, 0.3) is 6.08 Å². The Balaban J connectivity index is 1.57. The summed E-state index contributed by atoms with van der Waals surface area (Å²) < 4.78 is 19.1. The van der Waals surface area contributed by atoms with Gasteiger partial charge >= 0.3 is 5.97 Å². The number of hydrogen-bond donors (Lipinski definition) is 0. The van der Waals surface area contributed by atoms with E-state index in [1.807, 2.05) is 54.6 Å². The zero-order chi connectivity index (χ0) is 24.2. The van der Waals surface area contributed by atoms with Crippen molar-refractivity contribution in [1.29, 1.82) is 0 Å². The van der Waals surface area contributed by atoms with E-state index in [-0.39, 0.29) is 5.70 Å². The van der Waals surface area contributed by atoms with E-state index >= 15 is 0 Å². The highest BCUT2D eigenvalue weighted by Gasteiger charge is 2.24. The summed E-state index contributed by atoms with van der Waals surface area (Å²) in [5, 5.41) is 0. The number of carbonyl (C=O) groups is 1. The summed E-state index contributed by atoms with van der Waals surface area (Å²) in [4.78, 5) is 16.9. The molecule has 7 heteroatoms. The topological polar surface area (TPSA) is 57.1 Å². The van der Waals surface area contributed by atoms with E-state index in [0.29, 0.717) is 29.9 Å². The lowest BCUT2D eigenvalue weighted by Gasteiger charge is -2.14.